The molecule has 0 aromatic heterocycles. The summed E-state index contributed by atoms with van der Waals surface area (Å²) in [5, 5.41) is 14.3. The highest BCUT2D eigenvalue weighted by Gasteiger charge is 2.18. The van der Waals surface area contributed by atoms with Crippen LogP contribution in [0.25, 0.3) is 0 Å². The molecule has 0 saturated heterocycles. The summed E-state index contributed by atoms with van der Waals surface area (Å²) in [4.78, 5) is 10.8. The highest BCUT2D eigenvalue weighted by Crippen LogP contribution is 2.31. The number of nitrogens with zero attached hydrogens (tertiary/aromatic N) is 1. The lowest BCUT2D eigenvalue weighted by molar-refractivity contribution is -0.384. The van der Waals surface area contributed by atoms with E-state index < -0.39 is 4.92 Å². The van der Waals surface area contributed by atoms with E-state index in [1.54, 1.807) is 38.1 Å². The number of nitrogens with one attached hydrogen (secondary N) is 1. The number of rotatable bonds is 4. The number of halogens is 1. The highest BCUT2D eigenvalue weighted by atomic mass is 19.1. The molecule has 2 rings (SSSR count). The van der Waals surface area contributed by atoms with E-state index in [9.17, 15) is 14.5 Å². The van der Waals surface area contributed by atoms with Gasteiger partial charge in [-0.25, -0.2) is 4.39 Å². The van der Waals surface area contributed by atoms with Crippen molar-refractivity contribution in [1.29, 1.82) is 0 Å². The SMILES string of the molecule is Cc1ccc(C(C)Nc2cccc(C)c2[N+](=O)[O-])cc1F. The van der Waals surface area contributed by atoms with Crippen LogP contribution in [-0.2, 0) is 0 Å². The van der Waals surface area contributed by atoms with Gasteiger partial charge in [0, 0.05) is 11.6 Å². The molecule has 2 aromatic carbocycles. The zero-order valence-electron chi connectivity index (χ0n) is 12.2. The summed E-state index contributed by atoms with van der Waals surface area (Å²) in [5.41, 5.74) is 2.40. The number of hydrogen-bond acceptors (Lipinski definition) is 3. The zero-order valence-corrected chi connectivity index (χ0v) is 12.2. The Morgan fingerprint density at radius 3 is 2.52 bits per heavy atom. The van der Waals surface area contributed by atoms with Gasteiger partial charge >= 0.3 is 0 Å². The van der Waals surface area contributed by atoms with Crippen molar-refractivity contribution in [3.8, 4) is 0 Å². The normalized spacial score (nSPS) is 12.0. The molecule has 0 radical (unpaired) electrons. The van der Waals surface area contributed by atoms with Crippen LogP contribution in [0.5, 0.6) is 0 Å². The second-order valence-electron chi connectivity index (χ2n) is 5.10. The van der Waals surface area contributed by atoms with Crippen molar-refractivity contribution in [1.82, 2.24) is 0 Å². The minimum Gasteiger partial charge on any atom is -0.373 e. The highest BCUT2D eigenvalue weighted by molar-refractivity contribution is 5.65. The molecule has 0 aliphatic carbocycles. The van der Waals surface area contributed by atoms with Crippen molar-refractivity contribution >= 4 is 11.4 Å². The molecule has 110 valence electrons. The molecule has 0 spiro atoms. The number of hydrogen-bond donors (Lipinski definition) is 1. The van der Waals surface area contributed by atoms with Gasteiger partial charge in [-0.1, -0.05) is 24.3 Å². The summed E-state index contributed by atoms with van der Waals surface area (Å²) in [6.07, 6.45) is 0. The largest absolute Gasteiger partial charge is 0.373 e. The molecular weight excluding hydrogens is 271 g/mol. The summed E-state index contributed by atoms with van der Waals surface area (Å²) in [6, 6.07) is 9.85. The number of nitro benzene ring substituents is 1. The molecule has 0 saturated carbocycles. The topological polar surface area (TPSA) is 55.2 Å². The molecule has 0 heterocycles. The lowest BCUT2D eigenvalue weighted by Gasteiger charge is -2.17. The Hall–Kier alpha value is -2.43. The maximum atomic E-state index is 13.6. The summed E-state index contributed by atoms with van der Waals surface area (Å²) < 4.78 is 13.6. The Bertz CT molecular complexity index is 686. The minimum absolute atomic E-state index is 0.0527. The van der Waals surface area contributed by atoms with Crippen molar-refractivity contribution in [3.05, 3.63) is 69.0 Å². The van der Waals surface area contributed by atoms with E-state index >= 15 is 0 Å². The van der Waals surface area contributed by atoms with Crippen molar-refractivity contribution < 1.29 is 9.31 Å². The van der Waals surface area contributed by atoms with E-state index in [2.05, 4.69) is 5.32 Å². The molecule has 0 fully saturated rings. The van der Waals surface area contributed by atoms with Crippen LogP contribution in [0.2, 0.25) is 0 Å². The first kappa shape index (κ1) is 15.0. The maximum absolute atomic E-state index is 13.6. The van der Waals surface area contributed by atoms with E-state index in [1.807, 2.05) is 13.0 Å². The second kappa shape index (κ2) is 5.91. The summed E-state index contributed by atoms with van der Waals surface area (Å²) >= 11 is 0. The van der Waals surface area contributed by atoms with E-state index in [1.165, 1.54) is 6.07 Å². The fraction of sp³-hybridized carbons (Fsp3) is 0.250. The first-order valence-electron chi connectivity index (χ1n) is 6.66. The van der Waals surface area contributed by atoms with Crippen LogP contribution in [-0.4, -0.2) is 4.92 Å². The monoisotopic (exact) mass is 288 g/mol. The average Bonchev–Trinajstić information content (AvgIpc) is 2.41. The standard InChI is InChI=1S/C16H17FN2O2/c1-10-7-8-13(9-14(10)17)12(3)18-15-6-4-5-11(2)16(15)19(20)21/h4-9,12,18H,1-3H3. The van der Waals surface area contributed by atoms with Gasteiger partial charge in [0.05, 0.1) is 4.92 Å². The molecular formula is C16H17FN2O2. The van der Waals surface area contributed by atoms with Crippen LogP contribution in [0.3, 0.4) is 0 Å². The van der Waals surface area contributed by atoms with Gasteiger partial charge in [-0.2, -0.15) is 0 Å². The summed E-state index contributed by atoms with van der Waals surface area (Å²) in [5.74, 6) is -0.278. The zero-order chi connectivity index (χ0) is 15.6. The third kappa shape index (κ3) is 3.18. The third-order valence-electron chi connectivity index (χ3n) is 3.49. The third-order valence-corrected chi connectivity index (χ3v) is 3.49. The van der Waals surface area contributed by atoms with Crippen LogP contribution in [0.15, 0.2) is 36.4 Å². The number of aryl methyl sites for hydroxylation is 2. The fourth-order valence-corrected chi connectivity index (χ4v) is 2.21. The predicted octanol–water partition coefficient (Wildman–Crippen LogP) is 4.52. The lowest BCUT2D eigenvalue weighted by atomic mass is 10.0. The fourth-order valence-electron chi connectivity index (χ4n) is 2.21. The molecule has 1 atom stereocenters. The average molecular weight is 288 g/mol. The van der Waals surface area contributed by atoms with Gasteiger partial charge in [-0.15, -0.1) is 0 Å². The van der Waals surface area contributed by atoms with Gasteiger partial charge in [0.25, 0.3) is 5.69 Å². The van der Waals surface area contributed by atoms with Gasteiger partial charge in [0.1, 0.15) is 11.5 Å². The molecule has 4 nitrogen and oxygen atoms in total. The number of nitro groups is 1. The second-order valence-corrected chi connectivity index (χ2v) is 5.10. The van der Waals surface area contributed by atoms with Gasteiger partial charge in [-0.05, 0) is 44.0 Å². The molecule has 0 bridgehead atoms. The molecule has 2 aromatic rings. The van der Waals surface area contributed by atoms with Crippen LogP contribution < -0.4 is 5.32 Å². The van der Waals surface area contributed by atoms with Crippen molar-refractivity contribution in [2.75, 3.05) is 5.32 Å². The van der Waals surface area contributed by atoms with Crippen molar-refractivity contribution in [3.63, 3.8) is 0 Å². The van der Waals surface area contributed by atoms with Crippen LogP contribution >= 0.6 is 0 Å². The summed E-state index contributed by atoms with van der Waals surface area (Å²) in [7, 11) is 0. The molecule has 1 N–H and O–H groups in total. The number of para-hydroxylation sites is 1. The number of anilines is 1. The lowest BCUT2D eigenvalue weighted by Crippen LogP contribution is -2.09. The first-order chi connectivity index (χ1) is 9.90. The molecule has 0 aliphatic rings. The maximum Gasteiger partial charge on any atom is 0.295 e. The molecule has 5 heteroatoms. The van der Waals surface area contributed by atoms with E-state index in [-0.39, 0.29) is 17.5 Å². The Labute approximate surface area is 122 Å². The minimum atomic E-state index is -0.403. The van der Waals surface area contributed by atoms with Crippen LogP contribution in [0.1, 0.15) is 29.7 Å². The Morgan fingerprint density at radius 1 is 1.19 bits per heavy atom. The van der Waals surface area contributed by atoms with Crippen LogP contribution in [0, 0.1) is 29.8 Å². The predicted molar refractivity (Wildman–Crippen MR) is 81.0 cm³/mol. The smallest absolute Gasteiger partial charge is 0.295 e. The van der Waals surface area contributed by atoms with Crippen molar-refractivity contribution in [2.24, 2.45) is 0 Å². The molecule has 0 amide bonds. The van der Waals surface area contributed by atoms with Crippen molar-refractivity contribution in [2.45, 2.75) is 26.8 Å². The van der Waals surface area contributed by atoms with Gasteiger partial charge in [-0.3, -0.25) is 10.1 Å². The number of benzene rings is 2. The van der Waals surface area contributed by atoms with E-state index in [4.69, 9.17) is 0 Å². The van der Waals surface area contributed by atoms with Gasteiger partial charge in [0.15, 0.2) is 0 Å². The first-order valence-corrected chi connectivity index (χ1v) is 6.66. The molecule has 0 aliphatic heterocycles. The quantitative estimate of drug-likeness (QED) is 0.664. The van der Waals surface area contributed by atoms with E-state index in [0.717, 1.165) is 5.56 Å². The summed E-state index contributed by atoms with van der Waals surface area (Å²) in [6.45, 7) is 5.23. The Kier molecular flexibility index (Phi) is 4.21. The molecule has 21 heavy (non-hydrogen) atoms. The van der Waals surface area contributed by atoms with E-state index in [0.29, 0.717) is 16.8 Å². The van der Waals surface area contributed by atoms with Crippen LogP contribution in [0.4, 0.5) is 15.8 Å². The molecule has 1 unspecified atom stereocenters. The van der Waals surface area contributed by atoms with Gasteiger partial charge < -0.3 is 5.32 Å². The van der Waals surface area contributed by atoms with Gasteiger partial charge in [0.2, 0.25) is 0 Å². The Balaban J connectivity index is 2.31. The Morgan fingerprint density at radius 2 is 1.90 bits per heavy atom.